The van der Waals surface area contributed by atoms with Crippen LogP contribution in [-0.2, 0) is 9.59 Å². The molecule has 0 saturated carbocycles. The van der Waals surface area contributed by atoms with Gasteiger partial charge in [-0.15, -0.1) is 0 Å². The number of amides is 2. The van der Waals surface area contributed by atoms with E-state index in [0.717, 1.165) is 11.1 Å². The van der Waals surface area contributed by atoms with Gasteiger partial charge in [-0.1, -0.05) is 53.0 Å². The van der Waals surface area contributed by atoms with E-state index in [1.807, 2.05) is 38.1 Å². The summed E-state index contributed by atoms with van der Waals surface area (Å²) in [6.07, 6.45) is 1.37. The molecular formula is C26H21Cl2N3O3. The third-order valence-electron chi connectivity index (χ3n) is 4.66. The van der Waals surface area contributed by atoms with Gasteiger partial charge in [0, 0.05) is 11.4 Å². The van der Waals surface area contributed by atoms with E-state index in [-0.39, 0.29) is 33.9 Å². The number of benzene rings is 3. The monoisotopic (exact) mass is 493 g/mol. The van der Waals surface area contributed by atoms with Crippen molar-refractivity contribution < 1.29 is 14.3 Å². The van der Waals surface area contributed by atoms with E-state index in [2.05, 4.69) is 10.6 Å². The molecule has 34 heavy (non-hydrogen) atoms. The Morgan fingerprint density at radius 2 is 1.62 bits per heavy atom. The summed E-state index contributed by atoms with van der Waals surface area (Å²) in [5, 5.41) is 15.1. The molecule has 8 heteroatoms. The third kappa shape index (κ3) is 6.85. The Morgan fingerprint density at radius 1 is 0.941 bits per heavy atom. The second-order valence-electron chi connectivity index (χ2n) is 7.51. The number of hydrogen-bond donors (Lipinski definition) is 2. The van der Waals surface area contributed by atoms with Crippen LogP contribution in [0.5, 0.6) is 5.75 Å². The Bertz CT molecular complexity index is 1270. The Morgan fingerprint density at radius 3 is 2.24 bits per heavy atom. The van der Waals surface area contributed by atoms with Gasteiger partial charge in [-0.2, -0.15) is 5.26 Å². The molecule has 0 atom stereocenters. The van der Waals surface area contributed by atoms with Gasteiger partial charge >= 0.3 is 0 Å². The number of nitrogens with zero attached hydrogens (tertiary/aromatic N) is 1. The maximum atomic E-state index is 12.5. The van der Waals surface area contributed by atoms with Crippen LogP contribution in [0.1, 0.15) is 16.7 Å². The lowest BCUT2D eigenvalue weighted by Gasteiger charge is -2.11. The molecule has 2 N–H and O–H groups in total. The number of halogens is 2. The average Bonchev–Trinajstić information content (AvgIpc) is 2.78. The number of rotatable bonds is 7. The SMILES string of the molecule is Cc1ccc(NC(=O)COc2c(Cl)cc(/C=C(\C#N)C(=O)Nc3cccc(C)c3)cc2Cl)cc1. The summed E-state index contributed by atoms with van der Waals surface area (Å²) >= 11 is 12.6. The highest BCUT2D eigenvalue weighted by atomic mass is 35.5. The number of carbonyl (C=O) groups excluding carboxylic acids is 2. The number of nitrogens with one attached hydrogen (secondary N) is 2. The summed E-state index contributed by atoms with van der Waals surface area (Å²) in [4.78, 5) is 24.7. The smallest absolute Gasteiger partial charge is 0.266 e. The van der Waals surface area contributed by atoms with Crippen molar-refractivity contribution in [1.29, 1.82) is 5.26 Å². The highest BCUT2D eigenvalue weighted by Gasteiger charge is 2.14. The highest BCUT2D eigenvalue weighted by molar-refractivity contribution is 6.37. The quantitative estimate of drug-likeness (QED) is 0.304. The molecule has 172 valence electrons. The molecule has 0 bridgehead atoms. The fraction of sp³-hybridized carbons (Fsp3) is 0.115. The van der Waals surface area contributed by atoms with Crippen molar-refractivity contribution in [2.45, 2.75) is 13.8 Å². The molecule has 3 aromatic carbocycles. The zero-order valence-corrected chi connectivity index (χ0v) is 20.0. The Hall–Kier alpha value is -3.79. The second-order valence-corrected chi connectivity index (χ2v) is 8.32. The maximum absolute atomic E-state index is 12.5. The fourth-order valence-corrected chi connectivity index (χ4v) is 3.62. The number of hydrogen-bond acceptors (Lipinski definition) is 4. The molecule has 6 nitrogen and oxygen atoms in total. The van der Waals surface area contributed by atoms with E-state index in [1.165, 1.54) is 18.2 Å². The van der Waals surface area contributed by atoms with Crippen molar-refractivity contribution in [2.75, 3.05) is 17.2 Å². The largest absolute Gasteiger partial charge is 0.481 e. The van der Waals surface area contributed by atoms with Gasteiger partial charge in [0.25, 0.3) is 11.8 Å². The molecule has 3 aromatic rings. The molecule has 0 spiro atoms. The van der Waals surface area contributed by atoms with Gasteiger partial charge in [-0.3, -0.25) is 9.59 Å². The lowest BCUT2D eigenvalue weighted by molar-refractivity contribution is -0.118. The van der Waals surface area contributed by atoms with Crippen LogP contribution >= 0.6 is 23.2 Å². The first-order chi connectivity index (χ1) is 16.2. The predicted octanol–water partition coefficient (Wildman–Crippen LogP) is 6.17. The molecule has 2 amide bonds. The van der Waals surface area contributed by atoms with Crippen LogP contribution in [0.3, 0.4) is 0 Å². The zero-order chi connectivity index (χ0) is 24.7. The minimum atomic E-state index is -0.562. The number of aryl methyl sites for hydroxylation is 2. The lowest BCUT2D eigenvalue weighted by Crippen LogP contribution is -2.20. The maximum Gasteiger partial charge on any atom is 0.266 e. The van der Waals surface area contributed by atoms with Gasteiger partial charge < -0.3 is 15.4 Å². The van der Waals surface area contributed by atoms with Crippen molar-refractivity contribution in [1.82, 2.24) is 0 Å². The first-order valence-electron chi connectivity index (χ1n) is 10.2. The lowest BCUT2D eigenvalue weighted by atomic mass is 10.1. The summed E-state index contributed by atoms with van der Waals surface area (Å²) < 4.78 is 5.51. The molecule has 0 fully saturated rings. The molecule has 0 heterocycles. The Labute approximate surface area is 207 Å². The van der Waals surface area contributed by atoms with E-state index in [9.17, 15) is 14.9 Å². The van der Waals surface area contributed by atoms with Crippen molar-refractivity contribution in [3.63, 3.8) is 0 Å². The molecule has 0 unspecified atom stereocenters. The van der Waals surface area contributed by atoms with Crippen molar-refractivity contribution in [3.8, 4) is 11.8 Å². The first kappa shape index (κ1) is 24.8. The van der Waals surface area contributed by atoms with Crippen LogP contribution < -0.4 is 15.4 Å². The first-order valence-corrected chi connectivity index (χ1v) is 11.0. The van der Waals surface area contributed by atoms with Crippen LogP contribution in [0.2, 0.25) is 10.0 Å². The van der Waals surface area contributed by atoms with Gasteiger partial charge in [-0.25, -0.2) is 0 Å². The molecule has 0 aliphatic carbocycles. The summed E-state index contributed by atoms with van der Waals surface area (Å²) in [6.45, 7) is 3.55. The van der Waals surface area contributed by atoms with E-state index >= 15 is 0 Å². The molecule has 0 aliphatic rings. The number of nitriles is 1. The predicted molar refractivity (Wildman–Crippen MR) is 135 cm³/mol. The molecule has 0 aliphatic heterocycles. The van der Waals surface area contributed by atoms with Crippen molar-refractivity contribution in [2.24, 2.45) is 0 Å². The van der Waals surface area contributed by atoms with Crippen LogP contribution in [0.4, 0.5) is 11.4 Å². The minimum Gasteiger partial charge on any atom is -0.481 e. The normalized spacial score (nSPS) is 10.9. The van der Waals surface area contributed by atoms with Gasteiger partial charge in [0.15, 0.2) is 12.4 Å². The van der Waals surface area contributed by atoms with Gasteiger partial charge in [0.2, 0.25) is 0 Å². The fourth-order valence-electron chi connectivity index (χ4n) is 3.01. The molecule has 3 rings (SSSR count). The number of anilines is 2. The van der Waals surface area contributed by atoms with Crippen LogP contribution in [0, 0.1) is 25.2 Å². The molecular weight excluding hydrogens is 473 g/mol. The molecule has 0 aromatic heterocycles. The molecule has 0 radical (unpaired) electrons. The van der Waals surface area contributed by atoms with Gasteiger partial charge in [-0.05, 0) is 67.4 Å². The van der Waals surface area contributed by atoms with E-state index < -0.39 is 5.91 Å². The second kappa shape index (κ2) is 11.4. The Kier molecular flexibility index (Phi) is 8.31. The van der Waals surface area contributed by atoms with E-state index in [1.54, 1.807) is 30.3 Å². The van der Waals surface area contributed by atoms with Gasteiger partial charge in [0.1, 0.15) is 11.6 Å². The van der Waals surface area contributed by atoms with Crippen molar-refractivity contribution >= 4 is 52.5 Å². The van der Waals surface area contributed by atoms with Crippen molar-refractivity contribution in [3.05, 3.63) is 93.0 Å². The molecule has 0 saturated heterocycles. The summed E-state index contributed by atoms with van der Waals surface area (Å²) in [6, 6.07) is 19.4. The average molecular weight is 494 g/mol. The summed E-state index contributed by atoms with van der Waals surface area (Å²) in [5.41, 5.74) is 3.58. The van der Waals surface area contributed by atoms with Crippen LogP contribution in [0.15, 0.2) is 66.2 Å². The van der Waals surface area contributed by atoms with Crippen LogP contribution in [0.25, 0.3) is 6.08 Å². The van der Waals surface area contributed by atoms with E-state index in [0.29, 0.717) is 16.9 Å². The highest BCUT2D eigenvalue weighted by Crippen LogP contribution is 2.35. The zero-order valence-electron chi connectivity index (χ0n) is 18.5. The summed E-state index contributed by atoms with van der Waals surface area (Å²) in [5.74, 6) is -0.810. The Balaban J connectivity index is 1.69. The number of carbonyl (C=O) groups is 2. The standard InChI is InChI=1S/C26H21Cl2N3O3/c1-16-6-8-20(9-7-16)30-24(32)15-34-25-22(27)12-18(13-23(25)28)11-19(14-29)26(33)31-21-5-3-4-17(2)10-21/h3-13H,15H2,1-2H3,(H,30,32)(H,31,33)/b19-11+. The summed E-state index contributed by atoms with van der Waals surface area (Å²) in [7, 11) is 0. The number of ether oxygens (including phenoxy) is 1. The van der Waals surface area contributed by atoms with Crippen LogP contribution in [-0.4, -0.2) is 18.4 Å². The van der Waals surface area contributed by atoms with Gasteiger partial charge in [0.05, 0.1) is 10.0 Å². The topological polar surface area (TPSA) is 91.2 Å². The minimum absolute atomic E-state index is 0.125. The third-order valence-corrected chi connectivity index (χ3v) is 5.22. The van der Waals surface area contributed by atoms with E-state index in [4.69, 9.17) is 27.9 Å².